The normalized spacial score (nSPS) is 14.4. The maximum atomic E-state index is 12.8. The van der Waals surface area contributed by atoms with Gasteiger partial charge in [-0.05, 0) is 29.8 Å². The predicted octanol–water partition coefficient (Wildman–Crippen LogP) is 4.65. The SMILES string of the molecule is CC(C)Sc1ccc(CC(=O)N2CCN(c3ccc(-c4noc(C(C)C)n4)cn3)CC2)cc1. The van der Waals surface area contributed by atoms with Crippen molar-refractivity contribution < 1.29 is 9.32 Å². The lowest BCUT2D eigenvalue weighted by molar-refractivity contribution is -0.130. The van der Waals surface area contributed by atoms with Gasteiger partial charge in [0.2, 0.25) is 17.6 Å². The Morgan fingerprint density at radius 3 is 2.33 bits per heavy atom. The average Bonchev–Trinajstić information content (AvgIpc) is 3.31. The fraction of sp³-hybridized carbons (Fsp3) is 0.440. The fourth-order valence-electron chi connectivity index (χ4n) is 3.72. The highest BCUT2D eigenvalue weighted by Gasteiger charge is 2.22. The van der Waals surface area contributed by atoms with E-state index in [1.165, 1.54) is 4.90 Å². The van der Waals surface area contributed by atoms with Gasteiger partial charge in [0.15, 0.2) is 0 Å². The third-order valence-electron chi connectivity index (χ3n) is 5.55. The van der Waals surface area contributed by atoms with Crippen molar-refractivity contribution in [1.29, 1.82) is 0 Å². The van der Waals surface area contributed by atoms with Gasteiger partial charge >= 0.3 is 0 Å². The molecule has 0 atom stereocenters. The highest BCUT2D eigenvalue weighted by atomic mass is 32.2. The van der Waals surface area contributed by atoms with Gasteiger partial charge in [0.1, 0.15) is 5.82 Å². The molecule has 8 heteroatoms. The van der Waals surface area contributed by atoms with Gasteiger partial charge in [0.25, 0.3) is 0 Å². The molecule has 1 fully saturated rings. The van der Waals surface area contributed by atoms with Gasteiger partial charge in [-0.2, -0.15) is 4.98 Å². The van der Waals surface area contributed by atoms with Crippen molar-refractivity contribution in [2.24, 2.45) is 0 Å². The number of carbonyl (C=O) groups excluding carboxylic acids is 1. The predicted molar refractivity (Wildman–Crippen MR) is 132 cm³/mol. The van der Waals surface area contributed by atoms with Crippen LogP contribution in [0.15, 0.2) is 52.0 Å². The Kier molecular flexibility index (Phi) is 7.33. The van der Waals surface area contributed by atoms with Gasteiger partial charge in [-0.25, -0.2) is 4.98 Å². The van der Waals surface area contributed by atoms with Crippen LogP contribution in [0.5, 0.6) is 0 Å². The van der Waals surface area contributed by atoms with Gasteiger partial charge in [0.05, 0.1) is 6.42 Å². The summed E-state index contributed by atoms with van der Waals surface area (Å²) in [5, 5.41) is 4.60. The second-order valence-corrected chi connectivity index (χ2v) is 10.5. The maximum Gasteiger partial charge on any atom is 0.229 e. The lowest BCUT2D eigenvalue weighted by atomic mass is 10.1. The molecule has 4 rings (SSSR count). The van der Waals surface area contributed by atoms with E-state index in [9.17, 15) is 4.79 Å². The highest BCUT2D eigenvalue weighted by molar-refractivity contribution is 7.99. The van der Waals surface area contributed by atoms with Crippen LogP contribution < -0.4 is 4.90 Å². The van der Waals surface area contributed by atoms with E-state index in [4.69, 9.17) is 4.52 Å². The van der Waals surface area contributed by atoms with Gasteiger partial charge in [-0.15, -0.1) is 11.8 Å². The molecule has 174 valence electrons. The summed E-state index contributed by atoms with van der Waals surface area (Å²) in [6.07, 6.45) is 2.23. The van der Waals surface area contributed by atoms with Crippen molar-refractivity contribution in [2.75, 3.05) is 31.1 Å². The molecule has 7 nitrogen and oxygen atoms in total. The number of hydrogen-bond donors (Lipinski definition) is 0. The van der Waals surface area contributed by atoms with Gasteiger partial charge < -0.3 is 14.3 Å². The molecule has 1 aliphatic heterocycles. The van der Waals surface area contributed by atoms with E-state index in [0.717, 1.165) is 30.0 Å². The molecule has 0 bridgehead atoms. The summed E-state index contributed by atoms with van der Waals surface area (Å²) >= 11 is 1.84. The number of hydrogen-bond acceptors (Lipinski definition) is 7. The van der Waals surface area contributed by atoms with E-state index in [1.807, 2.05) is 42.6 Å². The summed E-state index contributed by atoms with van der Waals surface area (Å²) in [7, 11) is 0. The highest BCUT2D eigenvalue weighted by Crippen LogP contribution is 2.24. The van der Waals surface area contributed by atoms with Gasteiger partial charge in [-0.1, -0.05) is 45.0 Å². The molecule has 0 N–H and O–H groups in total. The van der Waals surface area contributed by atoms with Crippen molar-refractivity contribution in [2.45, 2.75) is 50.2 Å². The zero-order chi connectivity index (χ0) is 23.4. The van der Waals surface area contributed by atoms with Gasteiger partial charge in [0, 0.05) is 54.0 Å². The third-order valence-corrected chi connectivity index (χ3v) is 6.56. The number of anilines is 1. The number of rotatable bonds is 7. The third kappa shape index (κ3) is 5.93. The molecule has 1 aromatic carbocycles. The Balaban J connectivity index is 1.29. The van der Waals surface area contributed by atoms with Crippen molar-refractivity contribution in [1.82, 2.24) is 20.0 Å². The van der Waals surface area contributed by atoms with E-state index in [-0.39, 0.29) is 11.8 Å². The van der Waals surface area contributed by atoms with E-state index < -0.39 is 0 Å². The number of nitrogens with zero attached hydrogens (tertiary/aromatic N) is 5. The number of amides is 1. The van der Waals surface area contributed by atoms with Crippen LogP contribution in [-0.2, 0) is 11.2 Å². The molecule has 0 aliphatic carbocycles. The summed E-state index contributed by atoms with van der Waals surface area (Å²) < 4.78 is 5.29. The standard InChI is InChI=1S/C25H31N5O2S/c1-17(2)25-27-24(28-32-25)20-7-10-22(26-16-20)29-11-13-30(14-12-29)23(31)15-19-5-8-21(9-6-19)33-18(3)4/h5-10,16-18H,11-15H2,1-4H3. The molecule has 1 aliphatic rings. The summed E-state index contributed by atoms with van der Waals surface area (Å²) in [5.41, 5.74) is 1.90. The summed E-state index contributed by atoms with van der Waals surface area (Å²) in [6, 6.07) is 12.3. The first-order chi connectivity index (χ1) is 15.9. The van der Waals surface area contributed by atoms with E-state index >= 15 is 0 Å². The zero-order valence-corrected chi connectivity index (χ0v) is 20.5. The van der Waals surface area contributed by atoms with Crippen LogP contribution in [0.25, 0.3) is 11.4 Å². The molecule has 0 radical (unpaired) electrons. The summed E-state index contributed by atoms with van der Waals surface area (Å²) in [5.74, 6) is 2.46. The number of pyridine rings is 1. The summed E-state index contributed by atoms with van der Waals surface area (Å²) in [4.78, 5) is 27.2. The molecule has 3 heterocycles. The first-order valence-electron chi connectivity index (χ1n) is 11.5. The summed E-state index contributed by atoms with van der Waals surface area (Å²) in [6.45, 7) is 11.3. The number of benzene rings is 1. The number of carbonyl (C=O) groups is 1. The monoisotopic (exact) mass is 465 g/mol. The molecule has 3 aromatic rings. The number of thioether (sulfide) groups is 1. The van der Waals surface area contributed by atoms with Crippen molar-refractivity contribution in [3.63, 3.8) is 0 Å². The molecule has 2 aromatic heterocycles. The molecule has 0 saturated carbocycles. The maximum absolute atomic E-state index is 12.8. The van der Waals surface area contributed by atoms with Gasteiger partial charge in [-0.3, -0.25) is 4.79 Å². The lowest BCUT2D eigenvalue weighted by Crippen LogP contribution is -2.49. The first-order valence-corrected chi connectivity index (χ1v) is 12.4. The van der Waals surface area contributed by atoms with Crippen molar-refractivity contribution >= 4 is 23.5 Å². The topological polar surface area (TPSA) is 75.4 Å². The van der Waals surface area contributed by atoms with E-state index in [0.29, 0.717) is 36.5 Å². The smallest absolute Gasteiger partial charge is 0.229 e. The zero-order valence-electron chi connectivity index (χ0n) is 19.7. The first kappa shape index (κ1) is 23.3. The van der Waals surface area contributed by atoms with Crippen LogP contribution in [0, 0.1) is 0 Å². The minimum Gasteiger partial charge on any atom is -0.353 e. The quantitative estimate of drug-likeness (QED) is 0.470. The van der Waals surface area contributed by atoms with E-state index in [2.05, 4.69) is 58.1 Å². The van der Waals surface area contributed by atoms with Crippen molar-refractivity contribution in [3.05, 3.63) is 54.0 Å². The largest absolute Gasteiger partial charge is 0.353 e. The Bertz CT molecular complexity index is 1060. The van der Waals surface area contributed by atoms with Crippen LogP contribution >= 0.6 is 11.8 Å². The van der Waals surface area contributed by atoms with Crippen LogP contribution in [-0.4, -0.2) is 57.4 Å². The molecular weight excluding hydrogens is 434 g/mol. The van der Waals surface area contributed by atoms with Crippen LogP contribution in [0.4, 0.5) is 5.82 Å². The Morgan fingerprint density at radius 2 is 1.76 bits per heavy atom. The number of piperazine rings is 1. The Labute approximate surface area is 199 Å². The minimum atomic E-state index is 0.181. The van der Waals surface area contributed by atoms with Crippen LogP contribution in [0.1, 0.15) is 45.1 Å². The second-order valence-electron chi connectivity index (χ2n) is 8.87. The molecule has 0 unspecified atom stereocenters. The molecular formula is C25H31N5O2S. The van der Waals surface area contributed by atoms with Crippen molar-refractivity contribution in [3.8, 4) is 11.4 Å². The molecule has 1 saturated heterocycles. The minimum absolute atomic E-state index is 0.181. The fourth-order valence-corrected chi connectivity index (χ4v) is 4.56. The molecule has 1 amide bonds. The average molecular weight is 466 g/mol. The Morgan fingerprint density at radius 1 is 1.03 bits per heavy atom. The Hall–Kier alpha value is -2.87. The number of aromatic nitrogens is 3. The van der Waals surface area contributed by atoms with Crippen LogP contribution in [0.2, 0.25) is 0 Å². The molecule has 33 heavy (non-hydrogen) atoms. The van der Waals surface area contributed by atoms with Crippen LogP contribution in [0.3, 0.4) is 0 Å². The van der Waals surface area contributed by atoms with E-state index in [1.54, 1.807) is 6.20 Å². The molecule has 0 spiro atoms. The second kappa shape index (κ2) is 10.4. The lowest BCUT2D eigenvalue weighted by Gasteiger charge is -2.35.